The van der Waals surface area contributed by atoms with Crippen LogP contribution in [0.25, 0.3) is 0 Å². The minimum absolute atomic E-state index is 0.0894. The Bertz CT molecular complexity index is 140. The molecule has 1 unspecified atom stereocenters. The van der Waals surface area contributed by atoms with Gasteiger partial charge in [-0.05, 0) is 18.8 Å². The van der Waals surface area contributed by atoms with E-state index in [2.05, 4.69) is 20.8 Å². The second-order valence-electron chi connectivity index (χ2n) is 3.94. The summed E-state index contributed by atoms with van der Waals surface area (Å²) in [6.07, 6.45) is 1.85. The van der Waals surface area contributed by atoms with E-state index in [1.54, 1.807) is 6.92 Å². The van der Waals surface area contributed by atoms with Gasteiger partial charge < -0.3 is 5.73 Å². The second kappa shape index (κ2) is 3.86. The van der Waals surface area contributed by atoms with Gasteiger partial charge in [0.25, 0.3) is 0 Å². The van der Waals surface area contributed by atoms with Crippen LogP contribution < -0.4 is 5.73 Å². The van der Waals surface area contributed by atoms with Crippen molar-refractivity contribution in [3.05, 3.63) is 0 Å². The van der Waals surface area contributed by atoms with Crippen LogP contribution in [0.4, 0.5) is 0 Å². The Morgan fingerprint density at radius 1 is 1.55 bits per heavy atom. The molecule has 0 aliphatic carbocycles. The van der Waals surface area contributed by atoms with Crippen molar-refractivity contribution in [3.8, 4) is 0 Å². The molecule has 0 aromatic rings. The first-order valence-electron chi connectivity index (χ1n) is 4.15. The molecular weight excluding hydrogens is 138 g/mol. The van der Waals surface area contributed by atoms with Gasteiger partial charge in [-0.3, -0.25) is 4.79 Å². The molecule has 0 spiro atoms. The highest BCUT2D eigenvalue weighted by atomic mass is 16.1. The molecule has 0 fully saturated rings. The molecule has 0 heterocycles. The lowest BCUT2D eigenvalue weighted by molar-refractivity contribution is -0.118. The summed E-state index contributed by atoms with van der Waals surface area (Å²) in [5, 5.41) is 0. The summed E-state index contributed by atoms with van der Waals surface area (Å²) in [6.45, 7) is 7.94. The van der Waals surface area contributed by atoms with E-state index in [0.717, 1.165) is 12.8 Å². The van der Waals surface area contributed by atoms with E-state index in [0.29, 0.717) is 0 Å². The molecule has 0 radical (unpaired) electrons. The Morgan fingerprint density at radius 3 is 2.27 bits per heavy atom. The summed E-state index contributed by atoms with van der Waals surface area (Å²) < 4.78 is 0. The van der Waals surface area contributed by atoms with Gasteiger partial charge >= 0.3 is 0 Å². The molecule has 0 saturated heterocycles. The maximum Gasteiger partial charge on any atom is 0.146 e. The summed E-state index contributed by atoms with van der Waals surface area (Å²) in [6, 6.07) is -0.273. The van der Waals surface area contributed by atoms with Crippen molar-refractivity contribution in [1.29, 1.82) is 0 Å². The van der Waals surface area contributed by atoms with E-state index in [-0.39, 0.29) is 17.2 Å². The Hall–Kier alpha value is -0.370. The fourth-order valence-corrected chi connectivity index (χ4v) is 0.883. The number of hydrogen-bond donors (Lipinski definition) is 1. The third-order valence-corrected chi connectivity index (χ3v) is 2.25. The zero-order valence-electron chi connectivity index (χ0n) is 7.98. The molecular formula is C9H19NO. The molecule has 1 atom stereocenters. The van der Waals surface area contributed by atoms with Crippen LogP contribution in [-0.2, 0) is 4.79 Å². The first kappa shape index (κ1) is 10.6. The molecule has 0 bridgehead atoms. The molecule has 0 aliphatic rings. The monoisotopic (exact) mass is 157 g/mol. The number of rotatable bonds is 4. The van der Waals surface area contributed by atoms with Crippen molar-refractivity contribution in [1.82, 2.24) is 0 Å². The summed E-state index contributed by atoms with van der Waals surface area (Å²) in [7, 11) is 0. The average molecular weight is 157 g/mol. The lowest BCUT2D eigenvalue weighted by Gasteiger charge is -2.24. The van der Waals surface area contributed by atoms with Crippen LogP contribution >= 0.6 is 0 Å². The van der Waals surface area contributed by atoms with Gasteiger partial charge in [-0.25, -0.2) is 0 Å². The lowest BCUT2D eigenvalue weighted by Crippen LogP contribution is -2.33. The number of carbonyl (C=O) groups is 1. The molecule has 2 N–H and O–H groups in total. The molecule has 0 amide bonds. The smallest absolute Gasteiger partial charge is 0.146 e. The molecule has 0 aromatic heterocycles. The Balaban J connectivity index is 3.93. The normalized spacial score (nSPS) is 14.6. The van der Waals surface area contributed by atoms with Crippen LogP contribution in [0.2, 0.25) is 0 Å². The van der Waals surface area contributed by atoms with E-state index < -0.39 is 0 Å². The topological polar surface area (TPSA) is 43.1 Å². The van der Waals surface area contributed by atoms with Crippen molar-refractivity contribution < 1.29 is 4.79 Å². The van der Waals surface area contributed by atoms with Gasteiger partial charge in [-0.2, -0.15) is 0 Å². The quantitative estimate of drug-likeness (QED) is 0.675. The predicted molar refractivity (Wildman–Crippen MR) is 47.3 cm³/mol. The van der Waals surface area contributed by atoms with Gasteiger partial charge in [0.1, 0.15) is 5.78 Å². The zero-order chi connectivity index (χ0) is 9.07. The van der Waals surface area contributed by atoms with E-state index in [4.69, 9.17) is 5.73 Å². The molecule has 2 heteroatoms. The second-order valence-corrected chi connectivity index (χ2v) is 3.94. The maximum atomic E-state index is 10.8. The molecule has 66 valence electrons. The van der Waals surface area contributed by atoms with Crippen LogP contribution in [0.3, 0.4) is 0 Å². The van der Waals surface area contributed by atoms with E-state index in [9.17, 15) is 4.79 Å². The highest BCUT2D eigenvalue weighted by Crippen LogP contribution is 2.25. The molecule has 0 saturated carbocycles. The number of nitrogens with two attached hydrogens (primary N) is 1. The van der Waals surface area contributed by atoms with E-state index >= 15 is 0 Å². The van der Waals surface area contributed by atoms with E-state index in [1.165, 1.54) is 0 Å². The molecule has 0 aliphatic heterocycles. The standard InChI is InChI=1S/C9H19NO/c1-5-9(3,4)6-8(10)7(2)11/h8H,5-6,10H2,1-4H3. The SMILES string of the molecule is CCC(C)(C)CC(N)C(C)=O. The predicted octanol–water partition coefficient (Wildman–Crippen LogP) is 1.73. The fourth-order valence-electron chi connectivity index (χ4n) is 0.883. The minimum Gasteiger partial charge on any atom is -0.322 e. The van der Waals surface area contributed by atoms with Gasteiger partial charge in [0.05, 0.1) is 6.04 Å². The summed E-state index contributed by atoms with van der Waals surface area (Å²) in [5.74, 6) is 0.0894. The van der Waals surface area contributed by atoms with Crippen LogP contribution in [0.5, 0.6) is 0 Å². The van der Waals surface area contributed by atoms with Crippen LogP contribution in [0.1, 0.15) is 40.5 Å². The van der Waals surface area contributed by atoms with Crippen molar-refractivity contribution in [3.63, 3.8) is 0 Å². The van der Waals surface area contributed by atoms with Crippen molar-refractivity contribution >= 4 is 5.78 Å². The number of ketones is 1. The molecule has 11 heavy (non-hydrogen) atoms. The summed E-state index contributed by atoms with van der Waals surface area (Å²) in [5.41, 5.74) is 5.83. The molecule has 0 rings (SSSR count). The number of carbonyl (C=O) groups excluding carboxylic acids is 1. The fraction of sp³-hybridized carbons (Fsp3) is 0.889. The lowest BCUT2D eigenvalue weighted by atomic mass is 9.83. The molecule has 2 nitrogen and oxygen atoms in total. The first-order valence-corrected chi connectivity index (χ1v) is 4.15. The van der Waals surface area contributed by atoms with Crippen LogP contribution in [0.15, 0.2) is 0 Å². The highest BCUT2D eigenvalue weighted by Gasteiger charge is 2.21. The third-order valence-electron chi connectivity index (χ3n) is 2.25. The average Bonchev–Trinajstić information content (AvgIpc) is 1.87. The van der Waals surface area contributed by atoms with Gasteiger partial charge in [0.15, 0.2) is 0 Å². The van der Waals surface area contributed by atoms with Gasteiger partial charge in [-0.1, -0.05) is 27.2 Å². The minimum atomic E-state index is -0.273. The number of Topliss-reactive ketones (excluding diaryl/α,β-unsaturated/α-hetero) is 1. The van der Waals surface area contributed by atoms with Gasteiger partial charge in [-0.15, -0.1) is 0 Å². The van der Waals surface area contributed by atoms with Crippen LogP contribution in [0, 0.1) is 5.41 Å². The van der Waals surface area contributed by atoms with Crippen molar-refractivity contribution in [2.75, 3.05) is 0 Å². The Kier molecular flexibility index (Phi) is 3.73. The summed E-state index contributed by atoms with van der Waals surface area (Å²) in [4.78, 5) is 10.8. The zero-order valence-corrected chi connectivity index (χ0v) is 7.98. The summed E-state index contributed by atoms with van der Waals surface area (Å²) >= 11 is 0. The molecule has 0 aromatic carbocycles. The van der Waals surface area contributed by atoms with Gasteiger partial charge in [0, 0.05) is 0 Å². The van der Waals surface area contributed by atoms with Gasteiger partial charge in [0.2, 0.25) is 0 Å². The van der Waals surface area contributed by atoms with Crippen molar-refractivity contribution in [2.24, 2.45) is 11.1 Å². The first-order chi connectivity index (χ1) is 4.89. The Labute approximate surface area is 69.2 Å². The number of hydrogen-bond acceptors (Lipinski definition) is 2. The van der Waals surface area contributed by atoms with Crippen molar-refractivity contribution in [2.45, 2.75) is 46.6 Å². The third kappa shape index (κ3) is 4.14. The maximum absolute atomic E-state index is 10.8. The largest absolute Gasteiger partial charge is 0.322 e. The highest BCUT2D eigenvalue weighted by molar-refractivity contribution is 5.81. The van der Waals surface area contributed by atoms with Crippen LogP contribution in [-0.4, -0.2) is 11.8 Å². The Morgan fingerprint density at radius 2 is 2.00 bits per heavy atom. The van der Waals surface area contributed by atoms with E-state index in [1.807, 2.05) is 0 Å².